The Bertz CT molecular complexity index is 1590. The van der Waals surface area contributed by atoms with Gasteiger partial charge in [-0.25, -0.2) is 13.4 Å². The molecule has 8 nitrogen and oxygen atoms in total. The highest BCUT2D eigenvalue weighted by atomic mass is 32.2. The van der Waals surface area contributed by atoms with Crippen LogP contribution in [0.15, 0.2) is 83.9 Å². The Balaban J connectivity index is 1.45. The van der Waals surface area contributed by atoms with Crippen molar-refractivity contribution in [3.8, 4) is 16.9 Å². The average molecular weight is 559 g/mol. The van der Waals surface area contributed by atoms with Gasteiger partial charge in [-0.15, -0.1) is 0 Å². The number of nitrogens with zero attached hydrogens (tertiary/aromatic N) is 3. The molecule has 1 fully saturated rings. The first kappa shape index (κ1) is 27.8. The standard InChI is InChI=1S/C31H34N4O4S/c1-22-11-15-28(16-12-22)40(37,38)34(19-27-10-7-17-39-27)21-30(36)33-31-32-29(25-8-5-4-6-9-25)20-35(31)26-14-13-23(2)24(3)18-26/h4-6,8-9,11-16,18,20,27H,7,10,17,19,21H2,1-3H3,(H,32,33,36). The van der Waals surface area contributed by atoms with Gasteiger partial charge in [0.15, 0.2) is 0 Å². The summed E-state index contributed by atoms with van der Waals surface area (Å²) in [6, 6.07) is 22.4. The van der Waals surface area contributed by atoms with Crippen molar-refractivity contribution >= 4 is 21.9 Å². The second kappa shape index (κ2) is 11.8. The molecule has 0 radical (unpaired) electrons. The number of aromatic nitrogens is 2. The summed E-state index contributed by atoms with van der Waals surface area (Å²) >= 11 is 0. The first-order valence-electron chi connectivity index (χ1n) is 13.4. The highest BCUT2D eigenvalue weighted by Gasteiger charge is 2.31. The number of aryl methyl sites for hydroxylation is 3. The Morgan fingerprint density at radius 2 is 1.77 bits per heavy atom. The molecule has 4 aromatic rings. The number of nitrogens with one attached hydrogen (secondary N) is 1. The third-order valence-electron chi connectivity index (χ3n) is 7.21. The number of amides is 1. The molecule has 2 heterocycles. The fourth-order valence-corrected chi connectivity index (χ4v) is 6.16. The third kappa shape index (κ3) is 6.17. The maximum Gasteiger partial charge on any atom is 0.243 e. The zero-order valence-corrected chi connectivity index (χ0v) is 23.8. The summed E-state index contributed by atoms with van der Waals surface area (Å²) in [6.07, 6.45) is 3.24. The summed E-state index contributed by atoms with van der Waals surface area (Å²) in [7, 11) is -3.94. The fraction of sp³-hybridized carbons (Fsp3) is 0.290. The molecule has 208 valence electrons. The van der Waals surface area contributed by atoms with E-state index < -0.39 is 15.9 Å². The number of ether oxygens (including phenoxy) is 1. The molecule has 3 aromatic carbocycles. The summed E-state index contributed by atoms with van der Waals surface area (Å²) in [6.45, 7) is 6.30. The van der Waals surface area contributed by atoms with Crippen LogP contribution in [-0.4, -0.2) is 54.0 Å². The maximum absolute atomic E-state index is 13.6. The van der Waals surface area contributed by atoms with E-state index in [-0.39, 0.29) is 24.1 Å². The van der Waals surface area contributed by atoms with E-state index in [1.54, 1.807) is 24.3 Å². The number of sulfonamides is 1. The van der Waals surface area contributed by atoms with E-state index in [1.165, 1.54) is 4.31 Å². The van der Waals surface area contributed by atoms with Gasteiger partial charge < -0.3 is 4.74 Å². The van der Waals surface area contributed by atoms with Gasteiger partial charge in [-0.3, -0.25) is 14.7 Å². The number of imidazole rings is 1. The smallest absolute Gasteiger partial charge is 0.243 e. The maximum atomic E-state index is 13.6. The van der Waals surface area contributed by atoms with E-state index in [2.05, 4.69) is 5.32 Å². The Morgan fingerprint density at radius 3 is 2.45 bits per heavy atom. The van der Waals surface area contributed by atoms with Crippen LogP contribution in [0, 0.1) is 20.8 Å². The lowest BCUT2D eigenvalue weighted by Gasteiger charge is -2.24. The molecule has 9 heteroatoms. The molecule has 1 N–H and O–H groups in total. The van der Waals surface area contributed by atoms with Crippen molar-refractivity contribution in [2.45, 2.75) is 44.6 Å². The number of benzene rings is 3. The van der Waals surface area contributed by atoms with Crippen LogP contribution in [0.25, 0.3) is 16.9 Å². The minimum Gasteiger partial charge on any atom is -0.377 e. The molecular weight excluding hydrogens is 524 g/mol. The number of carbonyl (C=O) groups is 1. The average Bonchev–Trinajstić information content (AvgIpc) is 3.61. The summed E-state index contributed by atoms with van der Waals surface area (Å²) in [5.74, 6) is -0.166. The highest BCUT2D eigenvalue weighted by Crippen LogP contribution is 2.26. The van der Waals surface area contributed by atoms with Crippen LogP contribution in [0.1, 0.15) is 29.5 Å². The lowest BCUT2D eigenvalue weighted by Crippen LogP contribution is -2.42. The summed E-state index contributed by atoms with van der Waals surface area (Å²) in [4.78, 5) is 18.3. The quantitative estimate of drug-likeness (QED) is 0.302. The topological polar surface area (TPSA) is 93.5 Å². The third-order valence-corrected chi connectivity index (χ3v) is 9.03. The largest absolute Gasteiger partial charge is 0.377 e. The van der Waals surface area contributed by atoms with Gasteiger partial charge in [0, 0.05) is 30.6 Å². The number of carbonyl (C=O) groups excluding carboxylic acids is 1. The van der Waals surface area contributed by atoms with Crippen LogP contribution < -0.4 is 5.32 Å². The van der Waals surface area contributed by atoms with E-state index >= 15 is 0 Å². The van der Waals surface area contributed by atoms with E-state index in [0.717, 1.165) is 40.8 Å². The molecule has 1 aromatic heterocycles. The number of hydrogen-bond acceptors (Lipinski definition) is 5. The predicted octanol–water partition coefficient (Wildman–Crippen LogP) is 5.27. The molecule has 1 amide bonds. The highest BCUT2D eigenvalue weighted by molar-refractivity contribution is 7.89. The Hall–Kier alpha value is -3.79. The second-order valence-electron chi connectivity index (χ2n) is 10.2. The van der Waals surface area contributed by atoms with E-state index in [1.807, 2.05) is 80.1 Å². The Labute approximate surface area is 235 Å². The Kier molecular flexibility index (Phi) is 8.16. The van der Waals surface area contributed by atoms with E-state index in [4.69, 9.17) is 9.72 Å². The number of anilines is 1. The SMILES string of the molecule is Cc1ccc(S(=O)(=O)N(CC(=O)Nc2nc(-c3ccccc3)cn2-c2ccc(C)c(C)c2)CC2CCCO2)cc1. The monoisotopic (exact) mass is 558 g/mol. The molecule has 0 bridgehead atoms. The lowest BCUT2D eigenvalue weighted by molar-refractivity contribution is -0.116. The minimum absolute atomic E-state index is 0.102. The van der Waals surface area contributed by atoms with Gasteiger partial charge in [0.25, 0.3) is 0 Å². The second-order valence-corrected chi connectivity index (χ2v) is 12.2. The van der Waals surface area contributed by atoms with Gasteiger partial charge in [0.05, 0.1) is 23.2 Å². The fourth-order valence-electron chi connectivity index (χ4n) is 4.74. The zero-order chi connectivity index (χ0) is 28.3. The van der Waals surface area contributed by atoms with Crippen molar-refractivity contribution in [3.63, 3.8) is 0 Å². The minimum atomic E-state index is -3.94. The van der Waals surface area contributed by atoms with Crippen molar-refractivity contribution in [1.82, 2.24) is 13.9 Å². The van der Waals surface area contributed by atoms with Crippen molar-refractivity contribution < 1.29 is 17.9 Å². The van der Waals surface area contributed by atoms with Gasteiger partial charge in [0.2, 0.25) is 21.9 Å². The molecule has 1 aliphatic rings. The van der Waals surface area contributed by atoms with Crippen molar-refractivity contribution in [2.75, 3.05) is 25.0 Å². The Morgan fingerprint density at radius 1 is 1.02 bits per heavy atom. The van der Waals surface area contributed by atoms with Crippen LogP contribution in [0.5, 0.6) is 0 Å². The van der Waals surface area contributed by atoms with Crippen LogP contribution in [0.3, 0.4) is 0 Å². The van der Waals surface area contributed by atoms with Gasteiger partial charge in [-0.1, -0.05) is 54.1 Å². The van der Waals surface area contributed by atoms with Crippen LogP contribution >= 0.6 is 0 Å². The van der Waals surface area contributed by atoms with Crippen molar-refractivity contribution in [1.29, 1.82) is 0 Å². The van der Waals surface area contributed by atoms with Crippen LogP contribution in [-0.2, 0) is 19.6 Å². The molecule has 1 unspecified atom stereocenters. The predicted molar refractivity (Wildman–Crippen MR) is 156 cm³/mol. The van der Waals surface area contributed by atoms with Crippen LogP contribution in [0.4, 0.5) is 5.95 Å². The molecule has 0 spiro atoms. The first-order chi connectivity index (χ1) is 19.2. The molecular formula is C31H34N4O4S. The summed E-state index contributed by atoms with van der Waals surface area (Å²) in [5.41, 5.74) is 5.66. The molecule has 1 saturated heterocycles. The molecule has 1 atom stereocenters. The van der Waals surface area contributed by atoms with Crippen LogP contribution in [0.2, 0.25) is 0 Å². The normalized spacial score (nSPS) is 15.4. The van der Waals surface area contributed by atoms with Gasteiger partial charge in [-0.05, 0) is 69.0 Å². The number of rotatable bonds is 9. The molecule has 40 heavy (non-hydrogen) atoms. The molecule has 5 rings (SSSR count). The van der Waals surface area contributed by atoms with Gasteiger partial charge in [0.1, 0.15) is 0 Å². The number of hydrogen-bond donors (Lipinski definition) is 1. The van der Waals surface area contributed by atoms with Gasteiger partial charge >= 0.3 is 0 Å². The van der Waals surface area contributed by atoms with Crippen molar-refractivity contribution in [3.05, 3.63) is 95.7 Å². The van der Waals surface area contributed by atoms with E-state index in [0.29, 0.717) is 18.2 Å². The summed E-state index contributed by atoms with van der Waals surface area (Å²) in [5, 5.41) is 2.89. The first-order valence-corrected chi connectivity index (χ1v) is 14.9. The molecule has 1 aliphatic heterocycles. The zero-order valence-electron chi connectivity index (χ0n) is 23.0. The van der Waals surface area contributed by atoms with Crippen molar-refractivity contribution in [2.24, 2.45) is 0 Å². The molecule has 0 aliphatic carbocycles. The lowest BCUT2D eigenvalue weighted by atomic mass is 10.1. The van der Waals surface area contributed by atoms with Gasteiger partial charge in [-0.2, -0.15) is 4.31 Å². The van der Waals surface area contributed by atoms with E-state index in [9.17, 15) is 13.2 Å². The molecule has 0 saturated carbocycles. The summed E-state index contributed by atoms with van der Waals surface area (Å²) < 4.78 is 36.0.